The molecule has 1 aliphatic heterocycles. The van der Waals surface area contributed by atoms with Crippen molar-refractivity contribution in [2.75, 3.05) is 0 Å². The van der Waals surface area contributed by atoms with E-state index >= 15 is 0 Å². The number of fused-ring (bicyclic) bond motifs is 12. The molecule has 0 fully saturated rings. The zero-order valence-electron chi connectivity index (χ0n) is 30.7. The van der Waals surface area contributed by atoms with Crippen LogP contribution in [0, 0.1) is 0 Å². The number of ether oxygens (including phenoxy) is 1. The van der Waals surface area contributed by atoms with Crippen LogP contribution in [0.4, 0.5) is 0 Å². The van der Waals surface area contributed by atoms with E-state index < -0.39 is 5.41 Å². The van der Waals surface area contributed by atoms with Crippen LogP contribution in [-0.4, -0.2) is 19.5 Å². The molecule has 8 aromatic carbocycles. The highest BCUT2D eigenvalue weighted by Crippen LogP contribution is 2.64. The Balaban J connectivity index is 1.25. The first-order valence-electron chi connectivity index (χ1n) is 19.3. The summed E-state index contributed by atoms with van der Waals surface area (Å²) in [5, 5.41) is 2.43. The number of aromatic nitrogens is 4. The predicted molar refractivity (Wildman–Crippen MR) is 228 cm³/mol. The minimum absolute atomic E-state index is 0.619. The summed E-state index contributed by atoms with van der Waals surface area (Å²) in [5.41, 5.74) is 12.3. The van der Waals surface area contributed by atoms with Crippen molar-refractivity contribution >= 4 is 21.8 Å². The second-order valence-electron chi connectivity index (χ2n) is 14.7. The summed E-state index contributed by atoms with van der Waals surface area (Å²) < 4.78 is 9.16. The van der Waals surface area contributed by atoms with Crippen molar-refractivity contribution in [3.63, 3.8) is 0 Å². The Bertz CT molecular complexity index is 3070. The van der Waals surface area contributed by atoms with Gasteiger partial charge in [0.2, 0.25) is 0 Å². The molecule has 5 nitrogen and oxygen atoms in total. The molecule has 0 N–H and O–H groups in total. The average molecular weight is 729 g/mol. The Morgan fingerprint density at radius 2 is 0.825 bits per heavy atom. The monoisotopic (exact) mass is 728 g/mol. The van der Waals surface area contributed by atoms with Crippen LogP contribution in [0.25, 0.3) is 72.8 Å². The third kappa shape index (κ3) is 4.48. The fourth-order valence-electron chi connectivity index (χ4n) is 9.45. The van der Waals surface area contributed by atoms with Crippen molar-refractivity contribution in [1.29, 1.82) is 0 Å². The summed E-state index contributed by atoms with van der Waals surface area (Å²) in [7, 11) is 0. The van der Waals surface area contributed by atoms with Gasteiger partial charge in [0.15, 0.2) is 17.5 Å². The highest BCUT2D eigenvalue weighted by molar-refractivity contribution is 6.10. The van der Waals surface area contributed by atoms with Crippen molar-refractivity contribution in [1.82, 2.24) is 19.5 Å². The lowest BCUT2D eigenvalue weighted by Crippen LogP contribution is -2.32. The number of rotatable bonds is 4. The second kappa shape index (κ2) is 12.2. The molecule has 12 rings (SSSR count). The fourth-order valence-corrected chi connectivity index (χ4v) is 9.45. The number of benzene rings is 8. The number of hydrogen-bond donors (Lipinski definition) is 0. The molecular weight excluding hydrogens is 697 g/mol. The summed E-state index contributed by atoms with van der Waals surface area (Å²) in [4.78, 5) is 15.7. The molecular formula is C52H32N4O. The van der Waals surface area contributed by atoms with Crippen LogP contribution in [0.2, 0.25) is 0 Å². The Morgan fingerprint density at radius 1 is 0.368 bits per heavy atom. The van der Waals surface area contributed by atoms with Gasteiger partial charge < -0.3 is 9.30 Å². The Kier molecular flexibility index (Phi) is 6.78. The van der Waals surface area contributed by atoms with E-state index in [2.05, 4.69) is 162 Å². The van der Waals surface area contributed by atoms with Crippen LogP contribution < -0.4 is 4.74 Å². The van der Waals surface area contributed by atoms with Gasteiger partial charge in [0.05, 0.1) is 22.1 Å². The molecule has 0 radical (unpaired) electrons. The molecule has 0 saturated carbocycles. The van der Waals surface area contributed by atoms with Crippen LogP contribution >= 0.6 is 0 Å². The van der Waals surface area contributed by atoms with Crippen LogP contribution in [0.3, 0.4) is 0 Å². The van der Waals surface area contributed by atoms with Gasteiger partial charge in [0.1, 0.15) is 11.5 Å². The summed E-state index contributed by atoms with van der Waals surface area (Å²) in [6, 6.07) is 68.3. The van der Waals surface area contributed by atoms with Crippen molar-refractivity contribution in [3.8, 4) is 62.5 Å². The zero-order valence-corrected chi connectivity index (χ0v) is 30.7. The van der Waals surface area contributed by atoms with E-state index in [9.17, 15) is 0 Å². The number of hydrogen-bond acceptors (Lipinski definition) is 4. The topological polar surface area (TPSA) is 52.8 Å². The highest BCUT2D eigenvalue weighted by atomic mass is 16.5. The van der Waals surface area contributed by atoms with Gasteiger partial charge in [-0.3, -0.25) is 0 Å². The van der Waals surface area contributed by atoms with Gasteiger partial charge in [-0.05, 0) is 47.0 Å². The van der Waals surface area contributed by atoms with Gasteiger partial charge in [-0.25, -0.2) is 15.0 Å². The molecule has 0 saturated heterocycles. The van der Waals surface area contributed by atoms with E-state index in [1.54, 1.807) is 0 Å². The van der Waals surface area contributed by atoms with Crippen molar-refractivity contribution in [2.45, 2.75) is 5.41 Å². The third-order valence-corrected chi connectivity index (χ3v) is 11.7. The lowest BCUT2D eigenvalue weighted by Gasteiger charge is -2.39. The van der Waals surface area contributed by atoms with Gasteiger partial charge in [-0.2, -0.15) is 0 Å². The van der Waals surface area contributed by atoms with E-state index in [1.807, 2.05) is 36.4 Å². The molecule has 2 aliphatic rings. The van der Waals surface area contributed by atoms with Crippen molar-refractivity contribution in [3.05, 3.63) is 216 Å². The van der Waals surface area contributed by atoms with E-state index in [-0.39, 0.29) is 0 Å². The first-order valence-corrected chi connectivity index (χ1v) is 19.3. The largest absolute Gasteiger partial charge is 0.457 e. The van der Waals surface area contributed by atoms with E-state index in [4.69, 9.17) is 19.7 Å². The second-order valence-corrected chi connectivity index (χ2v) is 14.7. The maximum absolute atomic E-state index is 6.72. The normalized spacial score (nSPS) is 13.2. The molecule has 1 spiro atoms. The Hall–Kier alpha value is -7.63. The maximum Gasteiger partial charge on any atom is 0.164 e. The predicted octanol–water partition coefficient (Wildman–Crippen LogP) is 12.4. The Morgan fingerprint density at radius 3 is 1.42 bits per heavy atom. The lowest BCUT2D eigenvalue weighted by molar-refractivity contribution is 0.436. The molecule has 2 aromatic heterocycles. The summed E-state index contributed by atoms with van der Waals surface area (Å²) in [6.45, 7) is 0. The molecule has 1 aliphatic carbocycles. The fraction of sp³-hybridized carbons (Fsp3) is 0.0192. The number of nitrogens with zero attached hydrogens (tertiary/aromatic N) is 4. The lowest BCUT2D eigenvalue weighted by atomic mass is 9.66. The van der Waals surface area contributed by atoms with Gasteiger partial charge in [-0.15, -0.1) is 0 Å². The smallest absolute Gasteiger partial charge is 0.164 e. The first kappa shape index (κ1) is 31.7. The molecule has 0 bridgehead atoms. The van der Waals surface area contributed by atoms with E-state index in [0.29, 0.717) is 17.5 Å². The van der Waals surface area contributed by atoms with Crippen molar-refractivity contribution in [2.24, 2.45) is 0 Å². The molecule has 0 atom stereocenters. The maximum atomic E-state index is 6.72. The Labute approximate surface area is 329 Å². The van der Waals surface area contributed by atoms with Crippen LogP contribution in [0.1, 0.15) is 22.3 Å². The zero-order chi connectivity index (χ0) is 37.5. The molecule has 3 heterocycles. The van der Waals surface area contributed by atoms with Gasteiger partial charge >= 0.3 is 0 Å². The van der Waals surface area contributed by atoms with Crippen molar-refractivity contribution < 1.29 is 4.74 Å². The summed E-state index contributed by atoms with van der Waals surface area (Å²) in [6.07, 6.45) is 0. The number of para-hydroxylation sites is 4. The van der Waals surface area contributed by atoms with E-state index in [1.165, 1.54) is 16.3 Å². The van der Waals surface area contributed by atoms with E-state index in [0.717, 1.165) is 72.7 Å². The van der Waals surface area contributed by atoms with Crippen LogP contribution in [0.5, 0.6) is 11.5 Å². The highest BCUT2D eigenvalue weighted by Gasteiger charge is 2.52. The SMILES string of the molecule is c1ccc(-c2nc(-c3ccccc3)nc(-c3cccc4c3-c3c(-n5c6ccccc6c6ccccc65)cccc3C43c4ccccc4Oc4ccccc43)n2)cc1. The van der Waals surface area contributed by atoms with Crippen LogP contribution in [0.15, 0.2) is 194 Å². The molecule has 0 unspecified atom stereocenters. The van der Waals surface area contributed by atoms with Gasteiger partial charge in [0, 0.05) is 44.2 Å². The first-order chi connectivity index (χ1) is 28.3. The van der Waals surface area contributed by atoms with Gasteiger partial charge in [-0.1, -0.05) is 164 Å². The average Bonchev–Trinajstić information content (AvgIpc) is 3.78. The standard InChI is InChI=1S/C52H32N4O/c1-3-17-33(18-4-1)49-53-50(34-19-5-2-6-20-34)55-51(54-49)37-23-15-26-40-47(37)48-41(52(40)38-24-9-13-31-45(38)57-46-32-14-10-25-39(46)52)27-16-30-44(48)56-42-28-11-7-21-35(42)36-22-8-12-29-43(36)56/h1-32H. The van der Waals surface area contributed by atoms with Crippen LogP contribution in [-0.2, 0) is 5.41 Å². The summed E-state index contributed by atoms with van der Waals surface area (Å²) in [5.74, 6) is 3.57. The van der Waals surface area contributed by atoms with Gasteiger partial charge in [0.25, 0.3) is 0 Å². The molecule has 5 heteroatoms. The quantitative estimate of drug-likeness (QED) is 0.181. The summed E-state index contributed by atoms with van der Waals surface area (Å²) >= 11 is 0. The minimum atomic E-state index is -0.696. The molecule has 57 heavy (non-hydrogen) atoms. The third-order valence-electron chi connectivity index (χ3n) is 11.7. The molecule has 10 aromatic rings. The molecule has 0 amide bonds. The minimum Gasteiger partial charge on any atom is -0.457 e. The molecule has 266 valence electrons.